The number of hydrogen-bond donors (Lipinski definition) is 2. The number of rotatable bonds is 17. The highest BCUT2D eigenvalue weighted by atomic mass is 16.4. The number of carboxylic acids is 1. The molecule has 0 aliphatic heterocycles. The van der Waals surface area contributed by atoms with E-state index >= 15 is 0 Å². The first-order valence-corrected chi connectivity index (χ1v) is 11.3. The molecule has 0 bridgehead atoms. The van der Waals surface area contributed by atoms with Gasteiger partial charge in [-0.05, 0) is 24.6 Å². The first-order chi connectivity index (χ1) is 13.6. The van der Waals surface area contributed by atoms with Gasteiger partial charge in [0.1, 0.15) is 0 Å². The van der Waals surface area contributed by atoms with Gasteiger partial charge in [-0.1, -0.05) is 96.5 Å². The van der Waals surface area contributed by atoms with Gasteiger partial charge in [0.2, 0.25) is 5.91 Å². The summed E-state index contributed by atoms with van der Waals surface area (Å²) in [6.07, 6.45) is 18.7. The van der Waals surface area contributed by atoms with Crippen molar-refractivity contribution in [3.05, 3.63) is 29.8 Å². The molecule has 1 rings (SSSR count). The molecule has 4 nitrogen and oxygen atoms in total. The van der Waals surface area contributed by atoms with Crippen LogP contribution in [0.15, 0.2) is 24.3 Å². The van der Waals surface area contributed by atoms with Crippen LogP contribution in [0.4, 0.5) is 5.69 Å². The summed E-state index contributed by atoms with van der Waals surface area (Å²) in [7, 11) is 0. The highest BCUT2D eigenvalue weighted by Crippen LogP contribution is 2.14. The van der Waals surface area contributed by atoms with Crippen LogP contribution in [0.3, 0.4) is 0 Å². The molecule has 1 aromatic carbocycles. The lowest BCUT2D eigenvalue weighted by Gasteiger charge is -2.06. The Morgan fingerprint density at radius 2 is 1.29 bits per heavy atom. The van der Waals surface area contributed by atoms with Crippen LogP contribution in [0.1, 0.15) is 114 Å². The van der Waals surface area contributed by atoms with Crippen LogP contribution in [0.5, 0.6) is 0 Å². The molecule has 1 amide bonds. The molecule has 0 atom stereocenters. The van der Waals surface area contributed by atoms with Gasteiger partial charge in [-0.2, -0.15) is 0 Å². The maximum absolute atomic E-state index is 12.0. The summed E-state index contributed by atoms with van der Waals surface area (Å²) in [5, 5.41) is 11.8. The van der Waals surface area contributed by atoms with Crippen molar-refractivity contribution in [2.75, 3.05) is 5.32 Å². The van der Waals surface area contributed by atoms with E-state index in [1.807, 2.05) is 0 Å². The molecule has 0 unspecified atom stereocenters. The fourth-order valence-corrected chi connectivity index (χ4v) is 3.43. The number of anilines is 1. The fourth-order valence-electron chi connectivity index (χ4n) is 3.43. The Labute approximate surface area is 171 Å². The molecular weight excluding hydrogens is 350 g/mol. The van der Waals surface area contributed by atoms with Crippen molar-refractivity contribution in [3.8, 4) is 0 Å². The minimum atomic E-state index is -0.983. The second-order valence-electron chi connectivity index (χ2n) is 7.78. The van der Waals surface area contributed by atoms with Gasteiger partial charge < -0.3 is 10.4 Å². The summed E-state index contributed by atoms with van der Waals surface area (Å²) in [5.41, 5.74) is 0.740. The van der Waals surface area contributed by atoms with Gasteiger partial charge in [0.25, 0.3) is 0 Å². The molecule has 0 spiro atoms. The second kappa shape index (κ2) is 16.1. The standard InChI is InChI=1S/C24H39NO3/c1-2-3-4-5-6-7-8-9-10-11-12-13-14-15-19-23(26)25-22-18-16-17-21(20-22)24(27)28/h16-18,20H,2-15,19H2,1H3,(H,25,26)(H,27,28). The number of nitrogens with one attached hydrogen (secondary N) is 1. The molecule has 0 saturated heterocycles. The SMILES string of the molecule is CCCCCCCCCCCCCCCCC(=O)Nc1cccc(C(=O)O)c1. The van der Waals surface area contributed by atoms with E-state index in [0.29, 0.717) is 12.1 Å². The molecule has 28 heavy (non-hydrogen) atoms. The average molecular weight is 390 g/mol. The van der Waals surface area contributed by atoms with Crippen LogP contribution in [-0.2, 0) is 4.79 Å². The maximum atomic E-state index is 12.0. The smallest absolute Gasteiger partial charge is 0.335 e. The minimum absolute atomic E-state index is 0.0403. The molecule has 0 aliphatic carbocycles. The zero-order valence-electron chi connectivity index (χ0n) is 17.7. The maximum Gasteiger partial charge on any atom is 0.335 e. The predicted octanol–water partition coefficient (Wildman–Crippen LogP) is 7.19. The topological polar surface area (TPSA) is 66.4 Å². The van der Waals surface area contributed by atoms with Crippen LogP contribution in [0, 0.1) is 0 Å². The number of carbonyl (C=O) groups excluding carboxylic acids is 1. The van der Waals surface area contributed by atoms with Gasteiger partial charge in [-0.3, -0.25) is 4.79 Å². The van der Waals surface area contributed by atoms with Gasteiger partial charge in [-0.15, -0.1) is 0 Å². The van der Waals surface area contributed by atoms with Crippen LogP contribution in [-0.4, -0.2) is 17.0 Å². The average Bonchev–Trinajstić information content (AvgIpc) is 2.68. The second-order valence-corrected chi connectivity index (χ2v) is 7.78. The summed E-state index contributed by atoms with van der Waals surface area (Å²) in [6, 6.07) is 6.37. The first-order valence-electron chi connectivity index (χ1n) is 11.3. The van der Waals surface area contributed by atoms with E-state index in [-0.39, 0.29) is 11.5 Å². The molecule has 0 aromatic heterocycles. The van der Waals surface area contributed by atoms with Crippen molar-refractivity contribution >= 4 is 17.6 Å². The predicted molar refractivity (Wildman–Crippen MR) is 117 cm³/mol. The van der Waals surface area contributed by atoms with E-state index in [1.165, 1.54) is 89.2 Å². The Kier molecular flexibility index (Phi) is 14.0. The molecule has 2 N–H and O–H groups in total. The molecule has 4 heteroatoms. The number of carboxylic acid groups (broad SMARTS) is 1. The van der Waals surface area contributed by atoms with Gasteiger partial charge in [0, 0.05) is 12.1 Å². The van der Waals surface area contributed by atoms with Crippen LogP contribution < -0.4 is 5.32 Å². The van der Waals surface area contributed by atoms with E-state index in [0.717, 1.165) is 12.8 Å². The van der Waals surface area contributed by atoms with E-state index in [2.05, 4.69) is 12.2 Å². The lowest BCUT2D eigenvalue weighted by atomic mass is 10.0. The Morgan fingerprint density at radius 3 is 1.79 bits per heavy atom. The zero-order chi connectivity index (χ0) is 20.5. The molecule has 1 aromatic rings. The molecular formula is C24H39NO3. The largest absolute Gasteiger partial charge is 0.478 e. The third-order valence-corrected chi connectivity index (χ3v) is 5.15. The van der Waals surface area contributed by atoms with Crippen molar-refractivity contribution in [3.63, 3.8) is 0 Å². The third kappa shape index (κ3) is 12.5. The fraction of sp³-hybridized carbons (Fsp3) is 0.667. The molecule has 0 radical (unpaired) electrons. The molecule has 0 saturated carbocycles. The van der Waals surface area contributed by atoms with E-state index in [1.54, 1.807) is 12.1 Å². The Hall–Kier alpha value is -1.84. The molecule has 0 aliphatic rings. The van der Waals surface area contributed by atoms with Crippen LogP contribution in [0.2, 0.25) is 0 Å². The van der Waals surface area contributed by atoms with E-state index in [9.17, 15) is 9.59 Å². The van der Waals surface area contributed by atoms with Gasteiger partial charge in [0.05, 0.1) is 5.56 Å². The van der Waals surface area contributed by atoms with Gasteiger partial charge >= 0.3 is 5.97 Å². The highest BCUT2D eigenvalue weighted by Gasteiger charge is 2.06. The van der Waals surface area contributed by atoms with E-state index in [4.69, 9.17) is 5.11 Å². The lowest BCUT2D eigenvalue weighted by Crippen LogP contribution is -2.11. The minimum Gasteiger partial charge on any atom is -0.478 e. The summed E-state index contributed by atoms with van der Waals surface area (Å²) in [5.74, 6) is -1.02. The van der Waals surface area contributed by atoms with Crippen LogP contribution in [0.25, 0.3) is 0 Å². The van der Waals surface area contributed by atoms with Crippen molar-refractivity contribution in [2.45, 2.75) is 103 Å². The lowest BCUT2D eigenvalue weighted by molar-refractivity contribution is -0.116. The van der Waals surface area contributed by atoms with Gasteiger partial charge in [0.15, 0.2) is 0 Å². The molecule has 0 fully saturated rings. The van der Waals surface area contributed by atoms with Crippen molar-refractivity contribution in [1.82, 2.24) is 0 Å². The normalized spacial score (nSPS) is 10.8. The number of amides is 1. The third-order valence-electron chi connectivity index (χ3n) is 5.15. The zero-order valence-corrected chi connectivity index (χ0v) is 17.7. The number of unbranched alkanes of at least 4 members (excludes halogenated alkanes) is 13. The number of benzene rings is 1. The number of carbonyl (C=O) groups is 2. The number of hydrogen-bond acceptors (Lipinski definition) is 2. The quantitative estimate of drug-likeness (QED) is 0.277. The van der Waals surface area contributed by atoms with E-state index < -0.39 is 5.97 Å². The van der Waals surface area contributed by atoms with Crippen molar-refractivity contribution in [1.29, 1.82) is 0 Å². The first kappa shape index (κ1) is 24.2. The molecule has 0 heterocycles. The highest BCUT2D eigenvalue weighted by molar-refractivity contribution is 5.93. The van der Waals surface area contributed by atoms with Crippen molar-refractivity contribution in [2.24, 2.45) is 0 Å². The summed E-state index contributed by atoms with van der Waals surface area (Å²) < 4.78 is 0. The number of aromatic carboxylic acids is 1. The summed E-state index contributed by atoms with van der Waals surface area (Å²) in [6.45, 7) is 2.26. The summed E-state index contributed by atoms with van der Waals surface area (Å²) >= 11 is 0. The molecule has 158 valence electrons. The Balaban J connectivity index is 1.92. The van der Waals surface area contributed by atoms with Gasteiger partial charge in [-0.25, -0.2) is 4.79 Å². The van der Waals surface area contributed by atoms with Crippen LogP contribution >= 0.6 is 0 Å². The summed E-state index contributed by atoms with van der Waals surface area (Å²) in [4.78, 5) is 22.9. The Bertz CT molecular complexity index is 557. The van der Waals surface area contributed by atoms with Crippen molar-refractivity contribution < 1.29 is 14.7 Å². The Morgan fingerprint density at radius 1 is 0.786 bits per heavy atom. The monoisotopic (exact) mass is 389 g/mol.